The Morgan fingerprint density at radius 1 is 1.14 bits per heavy atom. The highest BCUT2D eigenvalue weighted by Gasteiger charge is 2.18. The van der Waals surface area contributed by atoms with Crippen molar-refractivity contribution in [2.75, 3.05) is 12.4 Å². The summed E-state index contributed by atoms with van der Waals surface area (Å²) in [5.41, 5.74) is 1.75. The standard InChI is InChI=1S/C24H20FN7O3/c1-14-11-20(27-21(33)12-15-7-9-16(25)10-8-15)32(30-14)24-28-22-17(23(34)29-24)13-26-31(22)18-5-3-4-6-19(18)35-2/h3-11,13H,12H2,1-2H3,(H,27,33)(H,28,29,34). The molecule has 5 rings (SSSR count). The average Bonchev–Trinajstić information content (AvgIpc) is 3.44. The Bertz CT molecular complexity index is 1600. The second-order valence-electron chi connectivity index (χ2n) is 7.79. The topological polar surface area (TPSA) is 120 Å². The van der Waals surface area contributed by atoms with Crippen LogP contribution < -0.4 is 15.6 Å². The van der Waals surface area contributed by atoms with Crippen LogP contribution in [-0.4, -0.2) is 42.5 Å². The third-order valence-electron chi connectivity index (χ3n) is 5.32. The predicted molar refractivity (Wildman–Crippen MR) is 127 cm³/mol. The zero-order valence-electron chi connectivity index (χ0n) is 18.8. The molecule has 0 unspecified atom stereocenters. The fourth-order valence-corrected chi connectivity index (χ4v) is 3.71. The summed E-state index contributed by atoms with van der Waals surface area (Å²) in [5.74, 6) is 0.274. The van der Waals surface area contributed by atoms with Crippen LogP contribution in [0, 0.1) is 12.7 Å². The van der Waals surface area contributed by atoms with Gasteiger partial charge in [-0.3, -0.25) is 14.6 Å². The number of ether oxygens (including phenoxy) is 1. The molecule has 0 saturated carbocycles. The summed E-state index contributed by atoms with van der Waals surface area (Å²) in [6, 6.07) is 14.6. The van der Waals surface area contributed by atoms with E-state index in [0.29, 0.717) is 34.2 Å². The van der Waals surface area contributed by atoms with E-state index in [1.807, 2.05) is 12.1 Å². The number of hydrogen-bond acceptors (Lipinski definition) is 6. The normalized spacial score (nSPS) is 11.1. The number of methoxy groups -OCH3 is 1. The highest BCUT2D eigenvalue weighted by molar-refractivity contribution is 5.91. The van der Waals surface area contributed by atoms with Gasteiger partial charge in [-0.15, -0.1) is 0 Å². The Balaban J connectivity index is 1.53. The van der Waals surface area contributed by atoms with Gasteiger partial charge in [0.15, 0.2) is 5.65 Å². The molecule has 0 bridgehead atoms. The van der Waals surface area contributed by atoms with E-state index < -0.39 is 5.56 Å². The fourth-order valence-electron chi connectivity index (χ4n) is 3.71. The largest absolute Gasteiger partial charge is 0.494 e. The molecule has 176 valence electrons. The van der Waals surface area contributed by atoms with Gasteiger partial charge in [0.2, 0.25) is 11.9 Å². The van der Waals surface area contributed by atoms with Crippen molar-refractivity contribution in [3.8, 4) is 17.4 Å². The number of para-hydroxylation sites is 2. The van der Waals surface area contributed by atoms with Gasteiger partial charge in [0.05, 0.1) is 25.4 Å². The molecule has 5 aromatic rings. The highest BCUT2D eigenvalue weighted by Crippen LogP contribution is 2.24. The second kappa shape index (κ2) is 8.86. The number of benzene rings is 2. The monoisotopic (exact) mass is 473 g/mol. The van der Waals surface area contributed by atoms with E-state index in [0.717, 1.165) is 0 Å². The van der Waals surface area contributed by atoms with Gasteiger partial charge in [-0.05, 0) is 36.8 Å². The Kier molecular flexibility index (Phi) is 5.57. The number of fused-ring (bicyclic) bond motifs is 1. The van der Waals surface area contributed by atoms with E-state index in [4.69, 9.17) is 4.74 Å². The minimum atomic E-state index is -0.414. The van der Waals surface area contributed by atoms with Crippen LogP contribution in [0.2, 0.25) is 0 Å². The number of aromatic amines is 1. The summed E-state index contributed by atoms with van der Waals surface area (Å²) in [4.78, 5) is 32.8. The van der Waals surface area contributed by atoms with Gasteiger partial charge in [0.1, 0.15) is 28.5 Å². The van der Waals surface area contributed by atoms with Crippen LogP contribution in [0.4, 0.5) is 10.2 Å². The Morgan fingerprint density at radius 3 is 2.69 bits per heavy atom. The lowest BCUT2D eigenvalue weighted by Crippen LogP contribution is -2.20. The Hall–Kier alpha value is -4.80. The van der Waals surface area contributed by atoms with Gasteiger partial charge in [-0.2, -0.15) is 19.9 Å². The Labute approximate surface area is 198 Å². The van der Waals surface area contributed by atoms with Gasteiger partial charge in [0, 0.05) is 6.07 Å². The summed E-state index contributed by atoms with van der Waals surface area (Å²) >= 11 is 0. The first-order valence-electron chi connectivity index (χ1n) is 10.7. The van der Waals surface area contributed by atoms with Crippen LogP contribution in [0.5, 0.6) is 5.75 Å². The van der Waals surface area contributed by atoms with Crippen molar-refractivity contribution >= 4 is 22.8 Å². The lowest BCUT2D eigenvalue weighted by molar-refractivity contribution is -0.115. The first-order chi connectivity index (χ1) is 16.9. The Morgan fingerprint density at radius 2 is 1.91 bits per heavy atom. The number of carbonyl (C=O) groups excluding carboxylic acids is 1. The molecular formula is C24H20FN7O3. The summed E-state index contributed by atoms with van der Waals surface area (Å²) in [5, 5.41) is 11.8. The third kappa shape index (κ3) is 4.26. The number of nitrogens with zero attached hydrogens (tertiary/aromatic N) is 5. The van der Waals surface area contributed by atoms with Gasteiger partial charge < -0.3 is 10.1 Å². The molecule has 0 saturated heterocycles. The molecule has 3 heterocycles. The van der Waals surface area contributed by atoms with Crippen molar-refractivity contribution in [1.82, 2.24) is 29.5 Å². The van der Waals surface area contributed by atoms with Crippen LogP contribution in [0.15, 0.2) is 65.6 Å². The molecule has 0 spiro atoms. The molecule has 1 amide bonds. The summed E-state index contributed by atoms with van der Waals surface area (Å²) in [6.45, 7) is 1.75. The SMILES string of the molecule is COc1ccccc1-n1ncc2c(=O)[nH]c(-n3nc(C)cc3NC(=O)Cc3ccc(F)cc3)nc21. The van der Waals surface area contributed by atoms with Crippen molar-refractivity contribution in [2.45, 2.75) is 13.3 Å². The minimum absolute atomic E-state index is 0.0358. The van der Waals surface area contributed by atoms with Crippen molar-refractivity contribution in [1.29, 1.82) is 0 Å². The van der Waals surface area contributed by atoms with E-state index in [1.165, 1.54) is 27.7 Å². The molecule has 0 radical (unpaired) electrons. The van der Waals surface area contributed by atoms with E-state index in [1.54, 1.807) is 44.4 Å². The lowest BCUT2D eigenvalue weighted by atomic mass is 10.1. The number of halogens is 1. The number of aromatic nitrogens is 6. The lowest BCUT2D eigenvalue weighted by Gasteiger charge is -2.10. The molecule has 0 aliphatic heterocycles. The first kappa shape index (κ1) is 22.0. The van der Waals surface area contributed by atoms with Crippen LogP contribution in [0.3, 0.4) is 0 Å². The van der Waals surface area contributed by atoms with Crippen molar-refractivity contribution in [2.24, 2.45) is 0 Å². The molecule has 10 nitrogen and oxygen atoms in total. The average molecular weight is 473 g/mol. The van der Waals surface area contributed by atoms with Gasteiger partial charge >= 0.3 is 0 Å². The number of H-pyrrole nitrogens is 1. The highest BCUT2D eigenvalue weighted by atomic mass is 19.1. The van der Waals surface area contributed by atoms with E-state index in [9.17, 15) is 14.0 Å². The van der Waals surface area contributed by atoms with Crippen molar-refractivity contribution in [3.05, 3.63) is 88.2 Å². The fraction of sp³-hybridized carbons (Fsp3) is 0.125. The van der Waals surface area contributed by atoms with Crippen molar-refractivity contribution < 1.29 is 13.9 Å². The summed E-state index contributed by atoms with van der Waals surface area (Å²) in [7, 11) is 1.55. The second-order valence-corrected chi connectivity index (χ2v) is 7.79. The summed E-state index contributed by atoms with van der Waals surface area (Å²) < 4.78 is 21.4. The number of anilines is 1. The zero-order valence-corrected chi connectivity index (χ0v) is 18.8. The maximum absolute atomic E-state index is 13.2. The summed E-state index contributed by atoms with van der Waals surface area (Å²) in [6.07, 6.45) is 1.46. The first-order valence-corrected chi connectivity index (χ1v) is 10.7. The van der Waals surface area contributed by atoms with Crippen LogP contribution in [-0.2, 0) is 11.2 Å². The van der Waals surface area contributed by atoms with Crippen LogP contribution in [0.25, 0.3) is 22.7 Å². The maximum Gasteiger partial charge on any atom is 0.263 e. The van der Waals surface area contributed by atoms with E-state index in [2.05, 4.69) is 25.5 Å². The van der Waals surface area contributed by atoms with Gasteiger partial charge in [-0.1, -0.05) is 24.3 Å². The van der Waals surface area contributed by atoms with Crippen molar-refractivity contribution in [3.63, 3.8) is 0 Å². The molecule has 0 atom stereocenters. The number of aryl methyl sites for hydroxylation is 1. The molecule has 0 fully saturated rings. The molecule has 35 heavy (non-hydrogen) atoms. The number of rotatable bonds is 6. The number of carbonyl (C=O) groups is 1. The number of amides is 1. The predicted octanol–water partition coefficient (Wildman–Crippen LogP) is 2.93. The molecule has 2 aromatic carbocycles. The zero-order chi connectivity index (χ0) is 24.5. The van der Waals surface area contributed by atoms with Crippen LogP contribution >= 0.6 is 0 Å². The molecule has 3 aromatic heterocycles. The molecule has 0 aliphatic rings. The van der Waals surface area contributed by atoms with E-state index in [-0.39, 0.29) is 29.5 Å². The maximum atomic E-state index is 13.2. The van der Waals surface area contributed by atoms with Gasteiger partial charge in [-0.25, -0.2) is 9.07 Å². The van der Waals surface area contributed by atoms with Crippen LogP contribution in [0.1, 0.15) is 11.3 Å². The molecule has 0 aliphatic carbocycles. The smallest absolute Gasteiger partial charge is 0.263 e. The number of hydrogen-bond donors (Lipinski definition) is 2. The van der Waals surface area contributed by atoms with E-state index >= 15 is 0 Å². The quantitative estimate of drug-likeness (QED) is 0.391. The minimum Gasteiger partial charge on any atom is -0.494 e. The molecule has 2 N–H and O–H groups in total. The molecular weight excluding hydrogens is 453 g/mol. The van der Waals surface area contributed by atoms with Gasteiger partial charge in [0.25, 0.3) is 5.56 Å². The number of nitrogens with one attached hydrogen (secondary N) is 2. The molecule has 11 heteroatoms. The third-order valence-corrected chi connectivity index (χ3v) is 5.32.